The molecule has 2 aromatic heterocycles. The third kappa shape index (κ3) is 7.40. The predicted molar refractivity (Wildman–Crippen MR) is 216 cm³/mol. The fraction of sp³-hybridized carbons (Fsp3) is 0.442. The topological polar surface area (TPSA) is 124 Å². The Kier molecular flexibility index (Phi) is 10.6. The number of imidazole rings is 1. The average molecular weight is 802 g/mol. The molecule has 1 atom stereocenters. The van der Waals surface area contributed by atoms with Crippen LogP contribution in [0.15, 0.2) is 48.7 Å². The van der Waals surface area contributed by atoms with E-state index in [1.807, 2.05) is 11.6 Å². The van der Waals surface area contributed by atoms with Crippen molar-refractivity contribution >= 4 is 52.7 Å². The van der Waals surface area contributed by atoms with Crippen molar-refractivity contribution in [2.24, 2.45) is 17.9 Å². The average Bonchev–Trinajstić information content (AvgIpc) is 3.86. The van der Waals surface area contributed by atoms with Crippen molar-refractivity contribution in [1.82, 2.24) is 24.3 Å². The van der Waals surface area contributed by atoms with Crippen LogP contribution in [0.4, 0.5) is 10.1 Å². The zero-order valence-electron chi connectivity index (χ0n) is 31.8. The number of aliphatic hydroxyl groups excluding tert-OH is 1. The summed E-state index contributed by atoms with van der Waals surface area (Å²) in [5, 5.41) is 23.1. The van der Waals surface area contributed by atoms with E-state index < -0.39 is 23.3 Å². The standard InChI is InChI=1S/C43H47Cl2FN6O4/c1-26(53)22-52-16-9-27-20-34(47-21-29(27)23-52)32(46)19-28-5-3-6-30(37(28)44)31-7-4-8-33(38(31)45)49-40(54)39-48-35-24-51(17-10-36(35)50(39)2)18-15-42-11-13-43(25-42,14-12-42)41(55)56/h3-8,19-21,26,53H,9-18,22-25H2,1-2H3,(H,49,54)(H,55,56)/b32-19-/t26-,42?,43?/m1/s1. The van der Waals surface area contributed by atoms with E-state index in [1.54, 1.807) is 55.6 Å². The Morgan fingerprint density at radius 3 is 2.46 bits per heavy atom. The highest BCUT2D eigenvalue weighted by Crippen LogP contribution is 2.63. The second-order valence-electron chi connectivity index (χ2n) is 16.4. The molecule has 4 aromatic rings. The molecule has 0 saturated heterocycles. The Morgan fingerprint density at radius 2 is 1.73 bits per heavy atom. The maximum Gasteiger partial charge on any atom is 0.309 e. The molecule has 13 heteroatoms. The first-order valence-corrected chi connectivity index (χ1v) is 20.2. The molecule has 3 N–H and O–H groups in total. The van der Waals surface area contributed by atoms with Gasteiger partial charge in [-0.3, -0.25) is 24.4 Å². The van der Waals surface area contributed by atoms with E-state index in [9.17, 15) is 19.8 Å². The van der Waals surface area contributed by atoms with Crippen LogP contribution in [0.2, 0.25) is 10.0 Å². The van der Waals surface area contributed by atoms with Gasteiger partial charge in [0.05, 0.1) is 38.6 Å². The molecule has 1 amide bonds. The van der Waals surface area contributed by atoms with Gasteiger partial charge in [-0.2, -0.15) is 0 Å². The van der Waals surface area contributed by atoms with Crippen molar-refractivity contribution in [3.8, 4) is 11.1 Å². The normalized spacial score (nSPS) is 22.9. The molecule has 2 bridgehead atoms. The fourth-order valence-corrected chi connectivity index (χ4v) is 10.1. The Balaban J connectivity index is 0.947. The summed E-state index contributed by atoms with van der Waals surface area (Å²) in [6.07, 6.45) is 9.51. The zero-order valence-corrected chi connectivity index (χ0v) is 33.3. The van der Waals surface area contributed by atoms with Gasteiger partial charge in [-0.1, -0.05) is 53.5 Å². The number of amides is 1. The zero-order chi connectivity index (χ0) is 39.4. The van der Waals surface area contributed by atoms with Gasteiger partial charge in [0, 0.05) is 69.2 Å². The summed E-state index contributed by atoms with van der Waals surface area (Å²) in [6.45, 7) is 6.18. The number of halogens is 3. The van der Waals surface area contributed by atoms with Crippen molar-refractivity contribution in [1.29, 1.82) is 0 Å². The van der Waals surface area contributed by atoms with Crippen LogP contribution >= 0.6 is 23.2 Å². The Labute approximate surface area is 336 Å². The molecule has 2 aliphatic heterocycles. The summed E-state index contributed by atoms with van der Waals surface area (Å²) < 4.78 is 17.6. The van der Waals surface area contributed by atoms with E-state index in [2.05, 4.69) is 20.1 Å². The molecular formula is C43H47Cl2FN6O4. The highest BCUT2D eigenvalue weighted by Gasteiger charge is 2.57. The number of fused-ring (bicyclic) bond motifs is 4. The number of aromatic nitrogens is 3. The van der Waals surface area contributed by atoms with Crippen LogP contribution in [-0.4, -0.2) is 78.7 Å². The molecule has 2 aromatic carbocycles. The van der Waals surface area contributed by atoms with Crippen molar-refractivity contribution in [3.05, 3.63) is 98.3 Å². The number of carbonyl (C=O) groups excluding carboxylic acids is 1. The smallest absolute Gasteiger partial charge is 0.309 e. The van der Waals surface area contributed by atoms with Crippen LogP contribution in [0.25, 0.3) is 23.0 Å². The number of aliphatic hydroxyl groups is 1. The van der Waals surface area contributed by atoms with Crippen molar-refractivity contribution in [2.75, 3.05) is 31.5 Å². The van der Waals surface area contributed by atoms with E-state index in [4.69, 9.17) is 28.2 Å². The molecule has 2 saturated carbocycles. The molecule has 0 unspecified atom stereocenters. The first kappa shape index (κ1) is 38.7. The number of anilines is 1. The van der Waals surface area contributed by atoms with Gasteiger partial charge in [0.2, 0.25) is 0 Å². The van der Waals surface area contributed by atoms with Gasteiger partial charge in [0.1, 0.15) is 5.83 Å². The molecule has 8 rings (SSSR count). The third-order valence-electron chi connectivity index (χ3n) is 12.7. The molecule has 0 spiro atoms. The third-order valence-corrected chi connectivity index (χ3v) is 13.5. The predicted octanol–water partition coefficient (Wildman–Crippen LogP) is 8.03. The lowest BCUT2D eigenvalue weighted by atomic mass is 9.80. The maximum absolute atomic E-state index is 15.7. The maximum atomic E-state index is 15.7. The summed E-state index contributed by atoms with van der Waals surface area (Å²) in [4.78, 5) is 39.4. The molecule has 294 valence electrons. The lowest BCUT2D eigenvalue weighted by Gasteiger charge is -2.32. The Bertz CT molecular complexity index is 2230. The van der Waals surface area contributed by atoms with E-state index in [1.165, 1.54) is 6.08 Å². The van der Waals surface area contributed by atoms with Crippen molar-refractivity contribution in [2.45, 2.75) is 77.5 Å². The number of hydrogen-bond acceptors (Lipinski definition) is 7. The number of pyridine rings is 1. The minimum atomic E-state index is -0.631. The van der Waals surface area contributed by atoms with Gasteiger partial charge in [0.25, 0.3) is 5.91 Å². The minimum Gasteiger partial charge on any atom is -0.481 e. The lowest BCUT2D eigenvalue weighted by Crippen LogP contribution is -2.35. The highest BCUT2D eigenvalue weighted by molar-refractivity contribution is 6.39. The first-order valence-electron chi connectivity index (χ1n) is 19.5. The van der Waals surface area contributed by atoms with E-state index in [-0.39, 0.29) is 17.0 Å². The van der Waals surface area contributed by atoms with Crippen molar-refractivity contribution < 1.29 is 24.2 Å². The summed E-state index contributed by atoms with van der Waals surface area (Å²) >= 11 is 13.9. The minimum absolute atomic E-state index is 0.129. The van der Waals surface area contributed by atoms with Crippen molar-refractivity contribution in [3.63, 3.8) is 0 Å². The lowest BCUT2D eigenvalue weighted by molar-refractivity contribution is -0.148. The molecule has 56 heavy (non-hydrogen) atoms. The summed E-state index contributed by atoms with van der Waals surface area (Å²) in [5.41, 5.74) is 5.85. The number of aliphatic carboxylic acids is 1. The second kappa shape index (κ2) is 15.3. The number of hydrogen-bond donors (Lipinski definition) is 3. The number of carbonyl (C=O) groups is 2. The molecule has 4 heterocycles. The van der Waals surface area contributed by atoms with E-state index in [0.717, 1.165) is 93.5 Å². The van der Waals surface area contributed by atoms with Gasteiger partial charge in [-0.05, 0) is 98.7 Å². The van der Waals surface area contributed by atoms with Crippen LogP contribution in [0.5, 0.6) is 0 Å². The van der Waals surface area contributed by atoms with E-state index in [0.29, 0.717) is 57.9 Å². The Morgan fingerprint density at radius 1 is 1.00 bits per heavy atom. The molecule has 4 aliphatic rings. The number of nitrogens with one attached hydrogen (secondary N) is 1. The quantitative estimate of drug-likeness (QED) is 0.139. The fourth-order valence-electron chi connectivity index (χ4n) is 9.58. The van der Waals surface area contributed by atoms with Gasteiger partial charge in [-0.15, -0.1) is 0 Å². The summed E-state index contributed by atoms with van der Waals surface area (Å²) in [5.74, 6) is -1.23. The largest absolute Gasteiger partial charge is 0.481 e. The number of carboxylic acids is 1. The van der Waals surface area contributed by atoms with Crippen LogP contribution in [0.3, 0.4) is 0 Å². The van der Waals surface area contributed by atoms with Gasteiger partial charge < -0.3 is 20.1 Å². The summed E-state index contributed by atoms with van der Waals surface area (Å²) in [6, 6.07) is 12.4. The second-order valence-corrected chi connectivity index (χ2v) is 17.2. The van der Waals surface area contributed by atoms with Gasteiger partial charge >= 0.3 is 5.97 Å². The highest BCUT2D eigenvalue weighted by atomic mass is 35.5. The monoisotopic (exact) mass is 800 g/mol. The van der Waals surface area contributed by atoms with Gasteiger partial charge in [-0.25, -0.2) is 9.37 Å². The Hall–Kier alpha value is -4.13. The number of nitrogens with zero attached hydrogens (tertiary/aromatic N) is 5. The van der Waals surface area contributed by atoms with Crippen LogP contribution in [-0.2, 0) is 37.8 Å². The molecule has 0 radical (unpaired) electrons. The SMILES string of the molecule is C[C@@H](O)CN1CCc2cc(/C(F)=C/c3cccc(-c4cccc(NC(=O)c5nc6c(n5C)CCN(CCC57CCC(C(=O)O)(CC5)C7)C6)c4Cl)c3Cl)ncc2C1. The van der Waals surface area contributed by atoms with Crippen LogP contribution in [0.1, 0.15) is 89.8 Å². The molecule has 2 aliphatic carbocycles. The van der Waals surface area contributed by atoms with Crippen LogP contribution < -0.4 is 5.32 Å². The number of carboxylic acid groups (broad SMARTS) is 1. The van der Waals surface area contributed by atoms with Gasteiger partial charge in [0.15, 0.2) is 5.82 Å². The first-order chi connectivity index (χ1) is 26.8. The number of benzene rings is 2. The van der Waals surface area contributed by atoms with E-state index >= 15 is 4.39 Å². The molecule has 10 nitrogen and oxygen atoms in total. The summed E-state index contributed by atoms with van der Waals surface area (Å²) in [7, 11) is 1.86. The number of β-amino-alcohol motifs (C(OH)–C–C–N with tert-alkyl or cyclic N) is 1. The number of rotatable bonds is 11. The molecule has 2 fully saturated rings. The molecular weight excluding hydrogens is 754 g/mol. The van der Waals surface area contributed by atoms with Crippen LogP contribution in [0, 0.1) is 10.8 Å².